The fourth-order valence-corrected chi connectivity index (χ4v) is 4.63. The van der Waals surface area contributed by atoms with Gasteiger partial charge in [-0.25, -0.2) is 0 Å². The van der Waals surface area contributed by atoms with Crippen molar-refractivity contribution in [1.82, 2.24) is 0 Å². The molecule has 4 heteroatoms. The molecule has 0 N–H and O–H groups in total. The summed E-state index contributed by atoms with van der Waals surface area (Å²) in [5.41, 5.74) is 3.58. The van der Waals surface area contributed by atoms with Crippen molar-refractivity contribution in [1.29, 1.82) is 0 Å². The Kier molecular flexibility index (Phi) is 5.45. The lowest BCUT2D eigenvalue weighted by Gasteiger charge is -2.30. The molecule has 3 rings (SSSR count). The molecule has 2 nitrogen and oxygen atoms in total. The molecular formula is C21H23ClN2S. The average molecular weight is 371 g/mol. The lowest BCUT2D eigenvalue weighted by Crippen LogP contribution is -2.36. The number of thioether (sulfide) groups is 1. The molecule has 0 fully saturated rings. The van der Waals surface area contributed by atoms with Crippen LogP contribution in [0.3, 0.4) is 0 Å². The van der Waals surface area contributed by atoms with Crippen LogP contribution in [0.4, 0.5) is 11.4 Å². The second kappa shape index (κ2) is 7.59. The smallest absolute Gasteiger partial charge is 0.186 e. The van der Waals surface area contributed by atoms with Crippen LogP contribution in [0, 0.1) is 0 Å². The summed E-state index contributed by atoms with van der Waals surface area (Å²) in [4.78, 5) is 5.55. The molecule has 1 heterocycles. The fraction of sp³-hybridized carbons (Fsp3) is 0.238. The molecule has 0 amide bonds. The van der Waals surface area contributed by atoms with Gasteiger partial charge in [0.1, 0.15) is 0 Å². The molecule has 0 spiro atoms. The van der Waals surface area contributed by atoms with E-state index in [2.05, 4.69) is 77.4 Å². The summed E-state index contributed by atoms with van der Waals surface area (Å²) >= 11 is 8.59. The number of fused-ring (bicyclic) bond motifs is 1. The Hall–Kier alpha value is -1.84. The van der Waals surface area contributed by atoms with Gasteiger partial charge in [-0.15, -0.1) is 0 Å². The van der Waals surface area contributed by atoms with Crippen molar-refractivity contribution in [2.24, 2.45) is 0 Å². The highest BCUT2D eigenvalue weighted by Gasteiger charge is 2.40. The summed E-state index contributed by atoms with van der Waals surface area (Å²) in [6, 6.07) is 16.9. The van der Waals surface area contributed by atoms with Gasteiger partial charge in [-0.1, -0.05) is 65.9 Å². The third kappa shape index (κ3) is 3.88. The summed E-state index contributed by atoms with van der Waals surface area (Å²) in [6.07, 6.45) is 8.24. The molecule has 1 aliphatic rings. The standard InChI is InChI=1S/C21H23ClN2S/c1-4-24-19-10-5-6-11-20(19)25-21(24,22)16-8-7-9-17-12-14-18(15-13-17)23(2)3/h5-16H,4H2,1-3H3. The first-order valence-corrected chi connectivity index (χ1v) is 9.61. The van der Waals surface area contributed by atoms with E-state index in [1.807, 2.05) is 26.2 Å². The number of likely N-dealkylation sites (N-methyl/N-ethyl adjacent to an activating group) is 1. The highest BCUT2D eigenvalue weighted by Crippen LogP contribution is 2.53. The first-order chi connectivity index (χ1) is 12.0. The van der Waals surface area contributed by atoms with Crippen molar-refractivity contribution in [3.8, 4) is 0 Å². The van der Waals surface area contributed by atoms with Gasteiger partial charge in [0.2, 0.25) is 0 Å². The van der Waals surface area contributed by atoms with E-state index in [-0.39, 0.29) is 0 Å². The SMILES string of the molecule is CCN1c2ccccc2SC1(Cl)C=CC=Cc1ccc(N(C)C)cc1. The molecule has 2 aromatic rings. The topological polar surface area (TPSA) is 6.48 Å². The van der Waals surface area contributed by atoms with Gasteiger partial charge in [-0.05, 0) is 42.8 Å². The highest BCUT2D eigenvalue weighted by atomic mass is 35.5. The third-order valence-electron chi connectivity index (χ3n) is 4.20. The van der Waals surface area contributed by atoms with Gasteiger partial charge < -0.3 is 9.80 Å². The van der Waals surface area contributed by atoms with E-state index in [4.69, 9.17) is 11.6 Å². The Morgan fingerprint density at radius 1 is 1.08 bits per heavy atom. The zero-order chi connectivity index (χ0) is 17.9. The second-order valence-electron chi connectivity index (χ2n) is 6.13. The lowest BCUT2D eigenvalue weighted by atomic mass is 10.2. The Labute approximate surface area is 159 Å². The predicted molar refractivity (Wildman–Crippen MR) is 113 cm³/mol. The van der Waals surface area contributed by atoms with Crippen LogP contribution >= 0.6 is 23.4 Å². The number of halogens is 1. The van der Waals surface area contributed by atoms with Crippen LogP contribution in [0.2, 0.25) is 0 Å². The van der Waals surface area contributed by atoms with E-state index in [0.29, 0.717) is 0 Å². The molecule has 0 saturated heterocycles. The Morgan fingerprint density at radius 2 is 1.80 bits per heavy atom. The van der Waals surface area contributed by atoms with E-state index in [9.17, 15) is 0 Å². The van der Waals surface area contributed by atoms with Crippen LogP contribution in [-0.4, -0.2) is 25.0 Å². The van der Waals surface area contributed by atoms with E-state index >= 15 is 0 Å². The second-order valence-corrected chi connectivity index (χ2v) is 8.19. The van der Waals surface area contributed by atoms with Crippen molar-refractivity contribution in [3.05, 3.63) is 72.3 Å². The molecular weight excluding hydrogens is 348 g/mol. The van der Waals surface area contributed by atoms with Gasteiger partial charge in [-0.2, -0.15) is 0 Å². The van der Waals surface area contributed by atoms with Crippen molar-refractivity contribution in [3.63, 3.8) is 0 Å². The Balaban J connectivity index is 1.71. The van der Waals surface area contributed by atoms with Crippen LogP contribution in [0.1, 0.15) is 12.5 Å². The van der Waals surface area contributed by atoms with Gasteiger partial charge in [0.05, 0.1) is 5.69 Å². The molecule has 1 unspecified atom stereocenters. The predicted octanol–water partition coefficient (Wildman–Crippen LogP) is 5.85. The molecule has 2 aromatic carbocycles. The molecule has 0 aliphatic carbocycles. The maximum atomic E-state index is 6.90. The third-order valence-corrected chi connectivity index (χ3v) is 5.97. The average Bonchev–Trinajstić information content (AvgIpc) is 2.90. The molecule has 1 aliphatic heterocycles. The van der Waals surface area contributed by atoms with Crippen molar-refractivity contribution in [2.45, 2.75) is 16.1 Å². The first kappa shape index (κ1) is 18.0. The highest BCUT2D eigenvalue weighted by molar-refractivity contribution is 8.02. The molecule has 130 valence electrons. The Bertz CT molecular complexity index is 783. The summed E-state index contributed by atoms with van der Waals surface area (Å²) in [5, 5.41) is 0. The summed E-state index contributed by atoms with van der Waals surface area (Å²) in [5.74, 6) is 0. The number of hydrogen-bond donors (Lipinski definition) is 0. The molecule has 0 aromatic heterocycles. The fourth-order valence-electron chi connectivity index (χ4n) is 2.87. The lowest BCUT2D eigenvalue weighted by molar-refractivity contribution is 0.832. The Morgan fingerprint density at radius 3 is 2.48 bits per heavy atom. The van der Waals surface area contributed by atoms with Gasteiger partial charge in [-0.3, -0.25) is 0 Å². The van der Waals surface area contributed by atoms with E-state index in [1.165, 1.54) is 21.8 Å². The van der Waals surface area contributed by atoms with Gasteiger partial charge in [0, 0.05) is 31.2 Å². The van der Waals surface area contributed by atoms with Crippen LogP contribution in [0.5, 0.6) is 0 Å². The number of allylic oxidation sites excluding steroid dienone is 2. The first-order valence-electron chi connectivity index (χ1n) is 8.41. The van der Waals surface area contributed by atoms with Gasteiger partial charge >= 0.3 is 0 Å². The number of rotatable bonds is 5. The zero-order valence-electron chi connectivity index (χ0n) is 14.8. The van der Waals surface area contributed by atoms with Crippen LogP contribution < -0.4 is 9.80 Å². The van der Waals surface area contributed by atoms with Crippen LogP contribution in [0.15, 0.2) is 71.7 Å². The molecule has 0 bridgehead atoms. The summed E-state index contributed by atoms with van der Waals surface area (Å²) in [6.45, 7) is 3.00. The molecule has 0 radical (unpaired) electrons. The number of nitrogens with zero attached hydrogens (tertiary/aromatic N) is 2. The van der Waals surface area contributed by atoms with E-state index < -0.39 is 4.33 Å². The minimum Gasteiger partial charge on any atom is -0.378 e. The monoisotopic (exact) mass is 370 g/mol. The number of anilines is 2. The number of benzene rings is 2. The van der Waals surface area contributed by atoms with Crippen LogP contribution in [-0.2, 0) is 0 Å². The van der Waals surface area contributed by atoms with Crippen molar-refractivity contribution in [2.75, 3.05) is 30.4 Å². The maximum absolute atomic E-state index is 6.90. The number of para-hydroxylation sites is 1. The number of hydrogen-bond acceptors (Lipinski definition) is 3. The van der Waals surface area contributed by atoms with Gasteiger partial charge in [0.15, 0.2) is 4.33 Å². The summed E-state index contributed by atoms with van der Waals surface area (Å²) in [7, 11) is 4.09. The van der Waals surface area contributed by atoms with E-state index in [0.717, 1.165) is 6.54 Å². The summed E-state index contributed by atoms with van der Waals surface area (Å²) < 4.78 is -0.558. The normalized spacial score (nSPS) is 19.8. The largest absolute Gasteiger partial charge is 0.378 e. The number of alkyl halides is 1. The maximum Gasteiger partial charge on any atom is 0.186 e. The minimum absolute atomic E-state index is 0.558. The molecule has 1 atom stereocenters. The van der Waals surface area contributed by atoms with Crippen molar-refractivity contribution < 1.29 is 0 Å². The van der Waals surface area contributed by atoms with Crippen LogP contribution in [0.25, 0.3) is 6.08 Å². The van der Waals surface area contributed by atoms with E-state index in [1.54, 1.807) is 11.8 Å². The van der Waals surface area contributed by atoms with Crippen molar-refractivity contribution >= 4 is 40.8 Å². The quantitative estimate of drug-likeness (QED) is 0.370. The molecule has 0 saturated carbocycles. The van der Waals surface area contributed by atoms with Gasteiger partial charge in [0.25, 0.3) is 0 Å². The zero-order valence-corrected chi connectivity index (χ0v) is 16.4. The molecule has 25 heavy (non-hydrogen) atoms. The minimum atomic E-state index is -0.558.